The minimum absolute atomic E-state index is 0.554. The average molecular weight is 794 g/mol. The van der Waals surface area contributed by atoms with Gasteiger partial charge in [0.2, 0.25) is 0 Å². The van der Waals surface area contributed by atoms with Gasteiger partial charge in [-0.1, -0.05) is 164 Å². The molecule has 0 N–H and O–H groups in total. The molecular weight excluding hydrogens is 759 g/mol. The number of hydrogen-bond donors (Lipinski definition) is 0. The third-order valence-electron chi connectivity index (χ3n) is 11.6. The Hall–Kier alpha value is -8.48. The summed E-state index contributed by atoms with van der Waals surface area (Å²) in [5.41, 5.74) is 13.3. The zero-order chi connectivity index (χ0) is 41.0. The molecule has 4 heterocycles. The van der Waals surface area contributed by atoms with E-state index in [4.69, 9.17) is 24.4 Å². The van der Waals surface area contributed by atoms with Crippen molar-refractivity contribution in [2.45, 2.75) is 0 Å². The Kier molecular flexibility index (Phi) is 8.38. The van der Waals surface area contributed by atoms with Crippen LogP contribution >= 0.6 is 0 Å². The van der Waals surface area contributed by atoms with E-state index in [1.807, 2.05) is 84.9 Å². The van der Waals surface area contributed by atoms with Gasteiger partial charge in [-0.05, 0) is 59.7 Å². The molecule has 62 heavy (non-hydrogen) atoms. The topological polar surface area (TPSA) is 69.6 Å². The lowest BCUT2D eigenvalue weighted by Crippen LogP contribution is -2.04. The zero-order valence-electron chi connectivity index (χ0n) is 33.4. The quantitative estimate of drug-likeness (QED) is 0.161. The van der Waals surface area contributed by atoms with Crippen LogP contribution in [0.3, 0.4) is 0 Å². The molecule has 0 bridgehead atoms. The fourth-order valence-corrected chi connectivity index (χ4v) is 8.68. The Labute approximate surface area is 357 Å². The molecule has 8 aromatic carbocycles. The number of hydrogen-bond acceptors (Lipinski definition) is 5. The van der Waals surface area contributed by atoms with E-state index >= 15 is 0 Å². The van der Waals surface area contributed by atoms with Crippen molar-refractivity contribution in [1.29, 1.82) is 0 Å². The van der Waals surface area contributed by atoms with Gasteiger partial charge in [0, 0.05) is 49.4 Å². The SMILES string of the molecule is c1ccc(-c2cc(-c3ccccc3)nc(-c3ccc(-n4c5ccccc5c5cc6oc7ccccc7c6cc54)c(-c4nc(-c5ccccc5)nc(-c5ccccc5)n4)c3)c2)cc1. The second kappa shape index (κ2) is 14.7. The molecule has 0 amide bonds. The zero-order valence-corrected chi connectivity index (χ0v) is 33.4. The molecule has 6 heteroatoms. The molecule has 290 valence electrons. The number of pyridine rings is 1. The summed E-state index contributed by atoms with van der Waals surface area (Å²) in [5.74, 6) is 1.74. The monoisotopic (exact) mass is 793 g/mol. The van der Waals surface area contributed by atoms with Crippen LogP contribution in [0.25, 0.3) is 117 Å². The van der Waals surface area contributed by atoms with Crippen molar-refractivity contribution < 1.29 is 4.42 Å². The molecular formula is C56H35N5O. The van der Waals surface area contributed by atoms with Crippen LogP contribution < -0.4 is 0 Å². The second-order valence-corrected chi connectivity index (χ2v) is 15.4. The van der Waals surface area contributed by atoms with Crippen LogP contribution in [0.4, 0.5) is 0 Å². The Balaban J connectivity index is 1.17. The first-order valence-electron chi connectivity index (χ1n) is 20.7. The lowest BCUT2D eigenvalue weighted by molar-refractivity contribution is 0.669. The first-order valence-corrected chi connectivity index (χ1v) is 20.7. The van der Waals surface area contributed by atoms with Crippen molar-refractivity contribution >= 4 is 43.7 Å². The number of fused-ring (bicyclic) bond motifs is 6. The summed E-state index contributed by atoms with van der Waals surface area (Å²) in [6.07, 6.45) is 0. The van der Waals surface area contributed by atoms with Crippen molar-refractivity contribution in [3.63, 3.8) is 0 Å². The van der Waals surface area contributed by atoms with Crippen LogP contribution in [-0.4, -0.2) is 24.5 Å². The molecule has 0 aliphatic carbocycles. The summed E-state index contributed by atoms with van der Waals surface area (Å²) in [5, 5.41) is 4.35. The lowest BCUT2D eigenvalue weighted by Gasteiger charge is -2.17. The predicted molar refractivity (Wildman–Crippen MR) is 252 cm³/mol. The van der Waals surface area contributed by atoms with E-state index in [1.54, 1.807) is 0 Å². The molecule has 0 saturated heterocycles. The highest BCUT2D eigenvalue weighted by atomic mass is 16.3. The summed E-state index contributed by atoms with van der Waals surface area (Å²) in [4.78, 5) is 21.0. The van der Waals surface area contributed by atoms with E-state index in [0.717, 1.165) is 99.8 Å². The van der Waals surface area contributed by atoms with Crippen LogP contribution in [0.15, 0.2) is 217 Å². The van der Waals surface area contributed by atoms with E-state index in [9.17, 15) is 0 Å². The Morgan fingerprint density at radius 2 is 0.855 bits per heavy atom. The van der Waals surface area contributed by atoms with Gasteiger partial charge in [0.1, 0.15) is 11.2 Å². The maximum Gasteiger partial charge on any atom is 0.166 e. The standard InChI is InChI=1S/C56H35N5O/c1-5-17-36(18-6-1)41-32-47(37-19-7-2-8-20-37)57-48(33-41)40-29-30-50(46(31-40)56-59-54(38-21-9-3-10-22-38)58-55(60-56)39-23-11-4-12-24-39)61-49-27-15-13-25-42(49)44-35-53-45(34-51(44)61)43-26-14-16-28-52(43)62-53/h1-35H. The minimum Gasteiger partial charge on any atom is -0.456 e. The molecule has 0 saturated carbocycles. The van der Waals surface area contributed by atoms with Gasteiger partial charge in [0.05, 0.1) is 28.1 Å². The average Bonchev–Trinajstić information content (AvgIpc) is 3.88. The van der Waals surface area contributed by atoms with Gasteiger partial charge < -0.3 is 8.98 Å². The van der Waals surface area contributed by atoms with Gasteiger partial charge in [-0.15, -0.1) is 0 Å². The molecule has 0 fully saturated rings. The van der Waals surface area contributed by atoms with Crippen LogP contribution in [0.1, 0.15) is 0 Å². The van der Waals surface area contributed by atoms with Crippen molar-refractivity contribution in [3.8, 4) is 73.5 Å². The van der Waals surface area contributed by atoms with E-state index < -0.39 is 0 Å². The van der Waals surface area contributed by atoms with Gasteiger partial charge >= 0.3 is 0 Å². The lowest BCUT2D eigenvalue weighted by atomic mass is 9.98. The maximum absolute atomic E-state index is 6.43. The first-order chi connectivity index (χ1) is 30.7. The van der Waals surface area contributed by atoms with Crippen LogP contribution in [0, 0.1) is 0 Å². The molecule has 0 aliphatic heterocycles. The van der Waals surface area contributed by atoms with E-state index in [1.165, 1.54) is 0 Å². The third-order valence-corrected chi connectivity index (χ3v) is 11.6. The number of nitrogens with zero attached hydrogens (tertiary/aromatic N) is 5. The minimum atomic E-state index is 0.554. The van der Waals surface area contributed by atoms with E-state index in [0.29, 0.717) is 17.5 Å². The smallest absolute Gasteiger partial charge is 0.166 e. The highest BCUT2D eigenvalue weighted by molar-refractivity contribution is 6.17. The van der Waals surface area contributed by atoms with E-state index in [2.05, 4.69) is 132 Å². The van der Waals surface area contributed by atoms with Crippen molar-refractivity contribution in [1.82, 2.24) is 24.5 Å². The highest BCUT2D eigenvalue weighted by Crippen LogP contribution is 2.42. The normalized spacial score (nSPS) is 11.5. The molecule has 4 aromatic heterocycles. The molecule has 0 spiro atoms. The van der Waals surface area contributed by atoms with Crippen LogP contribution in [0.2, 0.25) is 0 Å². The highest BCUT2D eigenvalue weighted by Gasteiger charge is 2.22. The summed E-state index contributed by atoms with van der Waals surface area (Å²) in [7, 11) is 0. The van der Waals surface area contributed by atoms with Gasteiger partial charge in [0.15, 0.2) is 17.5 Å². The maximum atomic E-state index is 6.43. The van der Waals surface area contributed by atoms with Crippen LogP contribution in [-0.2, 0) is 0 Å². The predicted octanol–water partition coefficient (Wildman–Crippen LogP) is 14.3. The van der Waals surface area contributed by atoms with Crippen molar-refractivity contribution in [3.05, 3.63) is 212 Å². The Morgan fingerprint density at radius 3 is 1.53 bits per heavy atom. The third kappa shape index (κ3) is 6.13. The number of furan rings is 1. The van der Waals surface area contributed by atoms with Gasteiger partial charge in [-0.3, -0.25) is 0 Å². The second-order valence-electron chi connectivity index (χ2n) is 15.4. The molecule has 12 aromatic rings. The Bertz CT molecular complexity index is 3500. The van der Waals surface area contributed by atoms with Gasteiger partial charge in [-0.2, -0.15) is 0 Å². The fraction of sp³-hybridized carbons (Fsp3) is 0. The molecule has 0 radical (unpaired) electrons. The van der Waals surface area contributed by atoms with Crippen molar-refractivity contribution in [2.24, 2.45) is 0 Å². The summed E-state index contributed by atoms with van der Waals surface area (Å²) in [6.45, 7) is 0. The van der Waals surface area contributed by atoms with Gasteiger partial charge in [0.25, 0.3) is 0 Å². The summed E-state index contributed by atoms with van der Waals surface area (Å²) < 4.78 is 8.78. The van der Waals surface area contributed by atoms with Crippen molar-refractivity contribution in [2.75, 3.05) is 0 Å². The largest absolute Gasteiger partial charge is 0.456 e. The van der Waals surface area contributed by atoms with Crippen LogP contribution in [0.5, 0.6) is 0 Å². The number of aromatic nitrogens is 5. The number of para-hydroxylation sites is 2. The number of benzene rings is 8. The molecule has 0 unspecified atom stereocenters. The fourth-order valence-electron chi connectivity index (χ4n) is 8.68. The number of rotatable bonds is 7. The molecule has 6 nitrogen and oxygen atoms in total. The molecule has 0 atom stereocenters. The summed E-state index contributed by atoms with van der Waals surface area (Å²) in [6, 6.07) is 73.3. The summed E-state index contributed by atoms with van der Waals surface area (Å²) >= 11 is 0. The van der Waals surface area contributed by atoms with Gasteiger partial charge in [-0.25, -0.2) is 19.9 Å². The Morgan fingerprint density at radius 1 is 0.306 bits per heavy atom. The van der Waals surface area contributed by atoms with E-state index in [-0.39, 0.29) is 0 Å². The molecule has 0 aliphatic rings. The first kappa shape index (κ1) is 35.5. The molecule has 12 rings (SSSR count).